The third-order valence-corrected chi connectivity index (χ3v) is 3.38. The molecule has 0 saturated heterocycles. The molecule has 0 atom stereocenters. The van der Waals surface area contributed by atoms with Gasteiger partial charge in [0.25, 0.3) is 0 Å². The van der Waals surface area contributed by atoms with Crippen LogP contribution in [0.25, 0.3) is 0 Å². The summed E-state index contributed by atoms with van der Waals surface area (Å²) in [5, 5.41) is 12.6. The zero-order valence-corrected chi connectivity index (χ0v) is 13.4. The Bertz CT molecular complexity index is 410. The summed E-state index contributed by atoms with van der Waals surface area (Å²) in [6.45, 7) is 3.49. The van der Waals surface area contributed by atoms with Crippen molar-refractivity contribution >= 4 is 5.91 Å². The fourth-order valence-electron chi connectivity index (χ4n) is 2.44. The fraction of sp³-hybridized carbons (Fsp3) is 0.615. The van der Waals surface area contributed by atoms with Gasteiger partial charge in [0.1, 0.15) is 11.5 Å². The van der Waals surface area contributed by atoms with Gasteiger partial charge in [0.05, 0.1) is 5.56 Å². The number of hydrogen-bond donors (Lipinski definition) is 0. The van der Waals surface area contributed by atoms with E-state index < -0.39 is 5.91 Å². The van der Waals surface area contributed by atoms with Gasteiger partial charge in [-0.15, -0.1) is 0 Å². The van der Waals surface area contributed by atoms with Crippen LogP contribution in [0.5, 0.6) is 0 Å². The molecule has 94 valence electrons. The first-order valence-corrected chi connectivity index (χ1v) is 6.17. The molecule has 0 aromatic carbocycles. The van der Waals surface area contributed by atoms with E-state index in [1.54, 1.807) is 19.9 Å². The van der Waals surface area contributed by atoms with Gasteiger partial charge in [-0.25, -0.2) is 0 Å². The van der Waals surface area contributed by atoms with E-state index in [9.17, 15) is 10.0 Å². The van der Waals surface area contributed by atoms with Gasteiger partial charge in [0, 0.05) is 6.04 Å². The number of amides is 1. The van der Waals surface area contributed by atoms with Crippen LogP contribution in [-0.2, 0) is 0 Å². The van der Waals surface area contributed by atoms with Gasteiger partial charge in [-0.05, 0) is 32.8 Å². The molecule has 0 radical (unpaired) electrons. The molecule has 5 heteroatoms. The summed E-state index contributed by atoms with van der Waals surface area (Å²) < 4.78 is 5.29. The molecular formula is C13H18NNaO3. The molecule has 1 aliphatic rings. The Kier molecular flexibility index (Phi) is 5.92. The molecule has 0 N–H and O–H groups in total. The van der Waals surface area contributed by atoms with E-state index in [2.05, 4.69) is 0 Å². The molecule has 1 aromatic rings. The molecule has 1 saturated carbocycles. The van der Waals surface area contributed by atoms with Crippen LogP contribution in [0.4, 0.5) is 0 Å². The minimum absolute atomic E-state index is 0. The molecular weight excluding hydrogens is 241 g/mol. The molecule has 0 aliphatic heterocycles. The molecule has 0 bridgehead atoms. The Morgan fingerprint density at radius 1 is 1.33 bits per heavy atom. The summed E-state index contributed by atoms with van der Waals surface area (Å²) in [5.74, 6) is 0.748. The van der Waals surface area contributed by atoms with Crippen LogP contribution in [0.15, 0.2) is 10.5 Å². The largest absolute Gasteiger partial charge is 1.00 e. The van der Waals surface area contributed by atoms with Crippen molar-refractivity contribution in [2.45, 2.75) is 52.0 Å². The van der Waals surface area contributed by atoms with Crippen molar-refractivity contribution in [2.24, 2.45) is 0 Å². The molecule has 1 aliphatic carbocycles. The minimum atomic E-state index is -0.453. The predicted molar refractivity (Wildman–Crippen MR) is 64.6 cm³/mol. The van der Waals surface area contributed by atoms with Gasteiger partial charge in [-0.1, -0.05) is 19.3 Å². The van der Waals surface area contributed by atoms with E-state index in [4.69, 9.17) is 4.42 Å². The van der Waals surface area contributed by atoms with E-state index >= 15 is 0 Å². The third kappa shape index (κ3) is 3.38. The molecule has 0 unspecified atom stereocenters. The number of carbonyl (C=O) groups is 1. The third-order valence-electron chi connectivity index (χ3n) is 3.38. The molecule has 1 amide bonds. The monoisotopic (exact) mass is 259 g/mol. The second kappa shape index (κ2) is 6.75. The molecule has 1 heterocycles. The average Bonchev–Trinajstić information content (AvgIpc) is 2.68. The maximum atomic E-state index is 12.0. The molecule has 1 aromatic heterocycles. The van der Waals surface area contributed by atoms with E-state index in [1.165, 1.54) is 6.42 Å². The number of aryl methyl sites for hydroxylation is 2. The standard InChI is InChI=1S/C13H18NO3.Na/c1-9-8-12(10(2)17-9)13(15)14(16)11-6-4-3-5-7-11;/h8,11H,3-7H2,1-2H3;/q-1;+1. The maximum absolute atomic E-state index is 12.0. The van der Waals surface area contributed by atoms with E-state index in [1.807, 2.05) is 0 Å². The number of rotatable bonds is 2. The van der Waals surface area contributed by atoms with Crippen LogP contribution in [0.2, 0.25) is 0 Å². The summed E-state index contributed by atoms with van der Waals surface area (Å²) in [5.41, 5.74) is 0.406. The predicted octanol–water partition coefficient (Wildman–Crippen LogP) is 0.173. The SMILES string of the molecule is Cc1cc(C(=O)N([O-])C2CCCCC2)c(C)o1.[Na+]. The summed E-state index contributed by atoms with van der Waals surface area (Å²) in [4.78, 5) is 12.0. The van der Waals surface area contributed by atoms with Crippen molar-refractivity contribution in [3.05, 3.63) is 28.4 Å². The van der Waals surface area contributed by atoms with Crippen LogP contribution in [0, 0.1) is 19.1 Å². The summed E-state index contributed by atoms with van der Waals surface area (Å²) in [6.07, 6.45) is 4.90. The molecule has 18 heavy (non-hydrogen) atoms. The van der Waals surface area contributed by atoms with Crippen molar-refractivity contribution < 1.29 is 38.8 Å². The Labute approximate surface area is 130 Å². The number of hydrogen-bond acceptors (Lipinski definition) is 3. The summed E-state index contributed by atoms with van der Waals surface area (Å²) in [7, 11) is 0. The van der Waals surface area contributed by atoms with E-state index in [0.717, 1.165) is 25.7 Å². The zero-order valence-electron chi connectivity index (χ0n) is 11.4. The number of carbonyl (C=O) groups excluding carboxylic acids is 1. The van der Waals surface area contributed by atoms with Gasteiger partial charge in [0.15, 0.2) is 0 Å². The van der Waals surface area contributed by atoms with Crippen molar-refractivity contribution in [2.75, 3.05) is 0 Å². The van der Waals surface area contributed by atoms with Gasteiger partial charge < -0.3 is 14.7 Å². The first kappa shape index (κ1) is 15.8. The average molecular weight is 259 g/mol. The quantitative estimate of drug-likeness (QED) is 0.562. The Hall–Kier alpha value is -0.290. The van der Waals surface area contributed by atoms with Gasteiger partial charge >= 0.3 is 29.6 Å². The van der Waals surface area contributed by atoms with Crippen LogP contribution in [0.3, 0.4) is 0 Å². The van der Waals surface area contributed by atoms with E-state index in [-0.39, 0.29) is 35.6 Å². The van der Waals surface area contributed by atoms with Gasteiger partial charge in [0.2, 0.25) is 5.91 Å². The first-order valence-electron chi connectivity index (χ1n) is 6.17. The summed E-state index contributed by atoms with van der Waals surface area (Å²) in [6, 6.07) is 1.50. The number of nitrogens with zero attached hydrogens (tertiary/aromatic N) is 1. The van der Waals surface area contributed by atoms with Crippen molar-refractivity contribution in [3.8, 4) is 0 Å². The molecule has 1 fully saturated rings. The minimum Gasteiger partial charge on any atom is -0.756 e. The second-order valence-corrected chi connectivity index (χ2v) is 4.75. The second-order valence-electron chi connectivity index (χ2n) is 4.75. The van der Waals surface area contributed by atoms with Crippen molar-refractivity contribution in [1.82, 2.24) is 5.06 Å². The Balaban J connectivity index is 0.00000162. The van der Waals surface area contributed by atoms with Gasteiger partial charge in [-0.2, -0.15) is 0 Å². The molecule has 4 nitrogen and oxygen atoms in total. The van der Waals surface area contributed by atoms with E-state index in [0.29, 0.717) is 22.1 Å². The normalized spacial score (nSPS) is 16.2. The zero-order chi connectivity index (χ0) is 12.4. The van der Waals surface area contributed by atoms with Crippen LogP contribution in [0.1, 0.15) is 54.0 Å². The van der Waals surface area contributed by atoms with Crippen molar-refractivity contribution in [1.29, 1.82) is 0 Å². The number of hydroxylamine groups is 2. The van der Waals surface area contributed by atoms with Crippen LogP contribution >= 0.6 is 0 Å². The Morgan fingerprint density at radius 2 is 1.94 bits per heavy atom. The molecule has 2 rings (SSSR count). The first-order chi connectivity index (χ1) is 8.09. The maximum Gasteiger partial charge on any atom is 1.00 e. The fourth-order valence-corrected chi connectivity index (χ4v) is 2.44. The van der Waals surface area contributed by atoms with Gasteiger partial charge in [-0.3, -0.25) is 4.79 Å². The van der Waals surface area contributed by atoms with Crippen molar-refractivity contribution in [3.63, 3.8) is 0 Å². The smallest absolute Gasteiger partial charge is 0.756 e. The van der Waals surface area contributed by atoms with Crippen LogP contribution < -0.4 is 29.6 Å². The molecule has 0 spiro atoms. The summed E-state index contributed by atoms with van der Waals surface area (Å²) >= 11 is 0. The topological polar surface area (TPSA) is 56.5 Å². The van der Waals surface area contributed by atoms with Crippen LogP contribution in [-0.4, -0.2) is 17.0 Å². The number of furan rings is 1. The Morgan fingerprint density at radius 3 is 2.44 bits per heavy atom.